The van der Waals surface area contributed by atoms with Crippen molar-refractivity contribution >= 4 is 11.2 Å². The highest BCUT2D eigenvalue weighted by atomic mass is 16.5. The molecule has 0 bridgehead atoms. The van der Waals surface area contributed by atoms with Crippen molar-refractivity contribution in [1.29, 1.82) is 0 Å². The summed E-state index contributed by atoms with van der Waals surface area (Å²) in [5.74, 6) is 1.14. The lowest BCUT2D eigenvalue weighted by molar-refractivity contribution is 0.100. The van der Waals surface area contributed by atoms with Crippen molar-refractivity contribution in [3.8, 4) is 0 Å². The smallest absolute Gasteiger partial charge is 0.161 e. The number of likely N-dealkylation sites (tertiary alicyclic amines) is 1. The van der Waals surface area contributed by atoms with Crippen LogP contribution in [0.1, 0.15) is 44.1 Å². The van der Waals surface area contributed by atoms with Gasteiger partial charge in [-0.15, -0.1) is 0 Å². The van der Waals surface area contributed by atoms with Crippen LogP contribution < -0.4 is 0 Å². The van der Waals surface area contributed by atoms with Crippen molar-refractivity contribution in [2.75, 3.05) is 20.2 Å². The third kappa shape index (κ3) is 2.52. The van der Waals surface area contributed by atoms with E-state index in [4.69, 9.17) is 9.72 Å². The highest BCUT2D eigenvalue weighted by Crippen LogP contribution is 2.30. The third-order valence-electron chi connectivity index (χ3n) is 4.99. The van der Waals surface area contributed by atoms with Gasteiger partial charge < -0.3 is 4.74 Å². The van der Waals surface area contributed by atoms with E-state index in [1.165, 1.54) is 25.7 Å². The SMILES string of the molecule is CN1CCCCC1n1c(CC2CCCO2)nc2cccnc21. The van der Waals surface area contributed by atoms with E-state index in [9.17, 15) is 0 Å². The molecule has 0 amide bonds. The number of hydrogen-bond acceptors (Lipinski definition) is 4. The molecule has 5 nitrogen and oxygen atoms in total. The molecule has 2 unspecified atom stereocenters. The Morgan fingerprint density at radius 1 is 1.27 bits per heavy atom. The first-order valence-electron chi connectivity index (χ1n) is 8.46. The number of aromatic nitrogens is 3. The van der Waals surface area contributed by atoms with Crippen LogP contribution in [-0.2, 0) is 11.2 Å². The fourth-order valence-electron chi connectivity index (χ4n) is 3.83. The molecule has 4 rings (SSSR count). The van der Waals surface area contributed by atoms with Crippen molar-refractivity contribution in [1.82, 2.24) is 19.4 Å². The molecule has 118 valence electrons. The Morgan fingerprint density at radius 3 is 3.05 bits per heavy atom. The van der Waals surface area contributed by atoms with Crippen LogP contribution in [-0.4, -0.2) is 45.7 Å². The van der Waals surface area contributed by atoms with Gasteiger partial charge in [-0.1, -0.05) is 0 Å². The summed E-state index contributed by atoms with van der Waals surface area (Å²) in [7, 11) is 2.22. The Balaban J connectivity index is 1.75. The van der Waals surface area contributed by atoms with Crippen LogP contribution in [0, 0.1) is 0 Å². The maximum atomic E-state index is 5.83. The molecule has 2 saturated heterocycles. The number of ether oxygens (including phenoxy) is 1. The largest absolute Gasteiger partial charge is 0.378 e. The third-order valence-corrected chi connectivity index (χ3v) is 4.99. The molecule has 2 aromatic rings. The van der Waals surface area contributed by atoms with Gasteiger partial charge in [-0.2, -0.15) is 0 Å². The van der Waals surface area contributed by atoms with Crippen LogP contribution in [0.25, 0.3) is 11.2 Å². The summed E-state index contributed by atoms with van der Waals surface area (Å²) in [4.78, 5) is 11.9. The molecule has 0 aliphatic carbocycles. The lowest BCUT2D eigenvalue weighted by Crippen LogP contribution is -2.35. The van der Waals surface area contributed by atoms with Gasteiger partial charge in [0, 0.05) is 19.2 Å². The molecular formula is C17H24N4O. The van der Waals surface area contributed by atoms with Gasteiger partial charge in [0.15, 0.2) is 5.65 Å². The maximum absolute atomic E-state index is 5.83. The first kappa shape index (κ1) is 14.2. The predicted molar refractivity (Wildman–Crippen MR) is 85.7 cm³/mol. The average Bonchev–Trinajstić information content (AvgIpc) is 3.16. The molecule has 0 radical (unpaired) electrons. The van der Waals surface area contributed by atoms with Gasteiger partial charge in [0.05, 0.1) is 12.3 Å². The van der Waals surface area contributed by atoms with Gasteiger partial charge in [-0.25, -0.2) is 9.97 Å². The van der Waals surface area contributed by atoms with Crippen LogP contribution in [0.4, 0.5) is 0 Å². The van der Waals surface area contributed by atoms with Gasteiger partial charge in [-0.05, 0) is 57.8 Å². The van der Waals surface area contributed by atoms with E-state index in [2.05, 4.69) is 27.6 Å². The summed E-state index contributed by atoms with van der Waals surface area (Å²) < 4.78 is 8.21. The molecule has 0 saturated carbocycles. The maximum Gasteiger partial charge on any atom is 0.161 e. The van der Waals surface area contributed by atoms with E-state index in [1.807, 2.05) is 12.3 Å². The molecule has 4 heterocycles. The Morgan fingerprint density at radius 2 is 2.23 bits per heavy atom. The Labute approximate surface area is 131 Å². The fraction of sp³-hybridized carbons (Fsp3) is 0.647. The van der Waals surface area contributed by atoms with E-state index in [-0.39, 0.29) is 0 Å². The standard InChI is InChI=1S/C17H24N4O/c1-20-10-3-2-8-16(20)21-15(12-13-6-5-11-22-13)19-14-7-4-9-18-17(14)21/h4,7,9,13,16H,2-3,5-6,8,10-12H2,1H3. The number of pyridine rings is 1. The lowest BCUT2D eigenvalue weighted by Gasteiger charge is -2.34. The Hall–Kier alpha value is -1.46. The van der Waals surface area contributed by atoms with E-state index >= 15 is 0 Å². The average molecular weight is 300 g/mol. The molecule has 22 heavy (non-hydrogen) atoms. The zero-order valence-corrected chi connectivity index (χ0v) is 13.2. The number of fused-ring (bicyclic) bond motifs is 1. The zero-order chi connectivity index (χ0) is 14.9. The number of rotatable bonds is 3. The van der Waals surface area contributed by atoms with Crippen LogP contribution in [0.3, 0.4) is 0 Å². The quantitative estimate of drug-likeness (QED) is 0.874. The first-order chi connectivity index (χ1) is 10.8. The number of nitrogens with zero attached hydrogens (tertiary/aromatic N) is 4. The van der Waals surface area contributed by atoms with Crippen LogP contribution in [0.15, 0.2) is 18.3 Å². The molecule has 2 atom stereocenters. The lowest BCUT2D eigenvalue weighted by atomic mass is 10.1. The van der Waals surface area contributed by atoms with Gasteiger partial charge in [-0.3, -0.25) is 9.47 Å². The first-order valence-corrected chi connectivity index (χ1v) is 8.46. The highest BCUT2D eigenvalue weighted by molar-refractivity contribution is 5.71. The van der Waals surface area contributed by atoms with Crippen molar-refractivity contribution in [3.63, 3.8) is 0 Å². The molecule has 0 N–H and O–H groups in total. The van der Waals surface area contributed by atoms with E-state index in [0.29, 0.717) is 12.3 Å². The number of hydrogen-bond donors (Lipinski definition) is 0. The molecule has 2 aromatic heterocycles. The number of piperidine rings is 1. The molecule has 2 fully saturated rings. The van der Waals surface area contributed by atoms with Crippen LogP contribution >= 0.6 is 0 Å². The van der Waals surface area contributed by atoms with Gasteiger partial charge in [0.1, 0.15) is 11.3 Å². The van der Waals surface area contributed by atoms with Gasteiger partial charge in [0.2, 0.25) is 0 Å². The second-order valence-electron chi connectivity index (χ2n) is 6.54. The van der Waals surface area contributed by atoms with Crippen molar-refractivity contribution < 1.29 is 4.74 Å². The van der Waals surface area contributed by atoms with Gasteiger partial charge >= 0.3 is 0 Å². The summed E-state index contributed by atoms with van der Waals surface area (Å²) in [5, 5.41) is 0. The molecule has 2 aliphatic heterocycles. The fourth-order valence-corrected chi connectivity index (χ4v) is 3.83. The Bertz CT molecular complexity index is 647. The predicted octanol–water partition coefficient (Wildman–Crippen LogP) is 2.77. The van der Waals surface area contributed by atoms with Crippen molar-refractivity contribution in [3.05, 3.63) is 24.2 Å². The second kappa shape index (κ2) is 5.97. The summed E-state index contributed by atoms with van der Waals surface area (Å²) in [6.07, 6.45) is 9.55. The van der Waals surface area contributed by atoms with Crippen molar-refractivity contribution in [2.24, 2.45) is 0 Å². The molecule has 0 aromatic carbocycles. The minimum absolute atomic E-state index is 0.324. The molecule has 2 aliphatic rings. The zero-order valence-electron chi connectivity index (χ0n) is 13.2. The topological polar surface area (TPSA) is 43.2 Å². The summed E-state index contributed by atoms with van der Waals surface area (Å²) in [5.41, 5.74) is 2.03. The van der Waals surface area contributed by atoms with Crippen LogP contribution in [0.5, 0.6) is 0 Å². The normalized spacial score (nSPS) is 26.8. The summed E-state index contributed by atoms with van der Waals surface area (Å²) >= 11 is 0. The van der Waals surface area contributed by atoms with E-state index in [1.54, 1.807) is 0 Å². The highest BCUT2D eigenvalue weighted by Gasteiger charge is 2.27. The van der Waals surface area contributed by atoms with E-state index in [0.717, 1.165) is 43.0 Å². The van der Waals surface area contributed by atoms with E-state index < -0.39 is 0 Å². The minimum atomic E-state index is 0.324. The molecular weight excluding hydrogens is 276 g/mol. The second-order valence-corrected chi connectivity index (χ2v) is 6.54. The Kier molecular flexibility index (Phi) is 3.84. The number of imidazole rings is 1. The summed E-state index contributed by atoms with van der Waals surface area (Å²) in [6.45, 7) is 2.04. The van der Waals surface area contributed by atoms with Crippen molar-refractivity contribution in [2.45, 2.75) is 50.8 Å². The minimum Gasteiger partial charge on any atom is -0.378 e. The molecule has 0 spiro atoms. The van der Waals surface area contributed by atoms with Gasteiger partial charge in [0.25, 0.3) is 0 Å². The monoisotopic (exact) mass is 300 g/mol. The van der Waals surface area contributed by atoms with Crippen LogP contribution in [0.2, 0.25) is 0 Å². The molecule has 5 heteroatoms. The summed E-state index contributed by atoms with van der Waals surface area (Å²) in [6, 6.07) is 4.04.